The van der Waals surface area contributed by atoms with Gasteiger partial charge in [-0.2, -0.15) is 0 Å². The third-order valence-electron chi connectivity index (χ3n) is 4.80. The Kier molecular flexibility index (Phi) is 5.59. The Bertz CT molecular complexity index is 821. The predicted molar refractivity (Wildman–Crippen MR) is 104 cm³/mol. The van der Waals surface area contributed by atoms with Crippen LogP contribution < -0.4 is 5.73 Å². The van der Waals surface area contributed by atoms with Crippen LogP contribution in [0.2, 0.25) is 0 Å². The van der Waals surface area contributed by atoms with E-state index in [1.54, 1.807) is 0 Å². The molecule has 1 aromatic carbocycles. The van der Waals surface area contributed by atoms with E-state index in [9.17, 15) is 0 Å². The molecule has 0 spiro atoms. The third-order valence-corrected chi connectivity index (χ3v) is 4.80. The maximum absolute atomic E-state index is 5.86. The van der Waals surface area contributed by atoms with Crippen molar-refractivity contribution in [1.29, 1.82) is 0 Å². The highest BCUT2D eigenvalue weighted by Crippen LogP contribution is 2.25. The number of rotatable bonds is 1. The van der Waals surface area contributed by atoms with Crippen molar-refractivity contribution < 1.29 is 0 Å². The third kappa shape index (κ3) is 4.53. The summed E-state index contributed by atoms with van der Waals surface area (Å²) in [5.41, 5.74) is 9.84. The van der Waals surface area contributed by atoms with Gasteiger partial charge in [0.2, 0.25) is 0 Å². The first kappa shape index (κ1) is 17.3. The molecule has 2 N–H and O–H groups in total. The van der Waals surface area contributed by atoms with Gasteiger partial charge in [-0.1, -0.05) is 51.2 Å². The predicted octanol–water partition coefficient (Wildman–Crippen LogP) is 5.17. The van der Waals surface area contributed by atoms with Crippen molar-refractivity contribution in [3.63, 3.8) is 0 Å². The fourth-order valence-electron chi connectivity index (χ4n) is 3.20. The van der Waals surface area contributed by atoms with Crippen LogP contribution in [0.1, 0.15) is 44.7 Å². The Hall–Kier alpha value is -2.49. The second kappa shape index (κ2) is 8.06. The average molecular weight is 334 g/mol. The van der Waals surface area contributed by atoms with Crippen molar-refractivity contribution in [2.75, 3.05) is 5.73 Å². The summed E-state index contributed by atoms with van der Waals surface area (Å²) >= 11 is 0. The average Bonchev–Trinajstić information content (AvgIpc) is 2.64. The fourth-order valence-corrected chi connectivity index (χ4v) is 3.20. The van der Waals surface area contributed by atoms with Gasteiger partial charge in [0.15, 0.2) is 0 Å². The highest BCUT2D eigenvalue weighted by molar-refractivity contribution is 5.91. The number of benzene rings is 1. The summed E-state index contributed by atoms with van der Waals surface area (Å²) in [7, 11) is 0. The lowest BCUT2D eigenvalue weighted by atomic mass is 9.91. The Balaban J connectivity index is 0.000000219. The van der Waals surface area contributed by atoms with Crippen molar-refractivity contribution in [1.82, 2.24) is 15.0 Å². The molecule has 25 heavy (non-hydrogen) atoms. The normalized spacial score (nSPS) is 14.8. The zero-order valence-corrected chi connectivity index (χ0v) is 15.1. The van der Waals surface area contributed by atoms with E-state index in [0.717, 1.165) is 33.6 Å². The first-order valence-electron chi connectivity index (χ1n) is 9.07. The molecule has 0 radical (unpaired) electrons. The SMILES string of the molecule is CC1CCCCC1.Cc1ccc(-c2ccc3ncnc(N)c3c2)cn1. The van der Waals surface area contributed by atoms with E-state index in [2.05, 4.69) is 21.9 Å². The van der Waals surface area contributed by atoms with Crippen LogP contribution in [0.15, 0.2) is 42.9 Å². The lowest BCUT2D eigenvalue weighted by molar-refractivity contribution is 0.385. The van der Waals surface area contributed by atoms with Crippen LogP contribution in [-0.4, -0.2) is 15.0 Å². The molecule has 0 bridgehead atoms. The van der Waals surface area contributed by atoms with Crippen molar-refractivity contribution in [2.45, 2.75) is 46.0 Å². The Labute approximate surface area is 149 Å². The Morgan fingerprint density at radius 3 is 2.32 bits per heavy atom. The molecule has 130 valence electrons. The summed E-state index contributed by atoms with van der Waals surface area (Å²) in [5.74, 6) is 1.54. The van der Waals surface area contributed by atoms with E-state index in [4.69, 9.17) is 5.73 Å². The Morgan fingerprint density at radius 1 is 0.920 bits per heavy atom. The Morgan fingerprint density at radius 2 is 1.68 bits per heavy atom. The van der Waals surface area contributed by atoms with Gasteiger partial charge in [0.05, 0.1) is 5.52 Å². The minimum atomic E-state index is 0.502. The minimum absolute atomic E-state index is 0.502. The van der Waals surface area contributed by atoms with Crippen LogP contribution >= 0.6 is 0 Å². The maximum atomic E-state index is 5.86. The number of nitrogens with two attached hydrogens (primary N) is 1. The van der Waals surface area contributed by atoms with Crippen LogP contribution in [0.3, 0.4) is 0 Å². The monoisotopic (exact) mass is 334 g/mol. The van der Waals surface area contributed by atoms with E-state index in [1.165, 1.54) is 38.4 Å². The van der Waals surface area contributed by atoms with Gasteiger partial charge in [-0.05, 0) is 36.6 Å². The van der Waals surface area contributed by atoms with Crippen molar-refractivity contribution in [3.05, 3.63) is 48.5 Å². The molecule has 2 heterocycles. The zero-order chi connectivity index (χ0) is 17.6. The molecule has 1 aliphatic rings. The molecule has 0 aliphatic heterocycles. The molecular formula is C21H26N4. The number of aryl methyl sites for hydroxylation is 1. The van der Waals surface area contributed by atoms with Crippen molar-refractivity contribution in [3.8, 4) is 11.1 Å². The fraction of sp³-hybridized carbons (Fsp3) is 0.381. The van der Waals surface area contributed by atoms with E-state index in [-0.39, 0.29) is 0 Å². The van der Waals surface area contributed by atoms with Gasteiger partial charge in [0.25, 0.3) is 0 Å². The smallest absolute Gasteiger partial charge is 0.134 e. The van der Waals surface area contributed by atoms with E-state index in [1.807, 2.05) is 43.5 Å². The van der Waals surface area contributed by atoms with Crippen LogP contribution in [0.5, 0.6) is 0 Å². The molecule has 1 aliphatic carbocycles. The van der Waals surface area contributed by atoms with Gasteiger partial charge < -0.3 is 5.73 Å². The highest BCUT2D eigenvalue weighted by atomic mass is 14.9. The van der Waals surface area contributed by atoms with Crippen LogP contribution in [0.4, 0.5) is 5.82 Å². The van der Waals surface area contributed by atoms with Gasteiger partial charge in [0, 0.05) is 22.8 Å². The van der Waals surface area contributed by atoms with Crippen molar-refractivity contribution in [2.24, 2.45) is 5.92 Å². The van der Waals surface area contributed by atoms with E-state index < -0.39 is 0 Å². The number of hydrogen-bond donors (Lipinski definition) is 1. The summed E-state index contributed by atoms with van der Waals surface area (Å²) in [6, 6.07) is 9.99. The number of fused-ring (bicyclic) bond motifs is 1. The lowest BCUT2D eigenvalue weighted by Gasteiger charge is -2.15. The van der Waals surface area contributed by atoms with Gasteiger partial charge in [-0.25, -0.2) is 9.97 Å². The number of anilines is 1. The van der Waals surface area contributed by atoms with Gasteiger partial charge >= 0.3 is 0 Å². The number of nitrogen functional groups attached to an aromatic ring is 1. The first-order valence-corrected chi connectivity index (χ1v) is 9.07. The van der Waals surface area contributed by atoms with Crippen LogP contribution in [-0.2, 0) is 0 Å². The van der Waals surface area contributed by atoms with Crippen LogP contribution in [0.25, 0.3) is 22.0 Å². The summed E-state index contributed by atoms with van der Waals surface area (Å²) in [6.07, 6.45) is 10.8. The molecule has 0 atom stereocenters. The molecule has 1 fully saturated rings. The summed E-state index contributed by atoms with van der Waals surface area (Å²) in [5, 5.41) is 0.871. The molecule has 3 aromatic rings. The molecule has 4 rings (SSSR count). The van der Waals surface area contributed by atoms with Crippen LogP contribution in [0, 0.1) is 12.8 Å². The quantitative estimate of drug-likeness (QED) is 0.667. The molecule has 0 saturated heterocycles. The molecule has 0 unspecified atom stereocenters. The van der Waals surface area contributed by atoms with Gasteiger partial charge in [-0.3, -0.25) is 4.98 Å². The number of pyridine rings is 1. The molecular weight excluding hydrogens is 308 g/mol. The zero-order valence-electron chi connectivity index (χ0n) is 15.1. The second-order valence-electron chi connectivity index (χ2n) is 6.92. The summed E-state index contributed by atoms with van der Waals surface area (Å²) in [6.45, 7) is 4.33. The maximum Gasteiger partial charge on any atom is 0.134 e. The minimum Gasteiger partial charge on any atom is -0.383 e. The molecule has 4 nitrogen and oxygen atoms in total. The highest BCUT2D eigenvalue weighted by Gasteiger charge is 2.06. The summed E-state index contributed by atoms with van der Waals surface area (Å²) in [4.78, 5) is 12.5. The lowest BCUT2D eigenvalue weighted by Crippen LogP contribution is -1.99. The number of nitrogens with zero attached hydrogens (tertiary/aromatic N) is 3. The van der Waals surface area contributed by atoms with E-state index in [0.29, 0.717) is 5.82 Å². The standard InChI is InChI=1S/C14H12N4.C7H14/c1-9-2-3-11(7-16-9)10-4-5-13-12(6-10)14(15)18-8-17-13;1-7-5-3-2-4-6-7/h2-8H,1H3,(H2,15,17,18);7H,2-6H2,1H3. The first-order chi connectivity index (χ1) is 12.1. The van der Waals surface area contributed by atoms with Gasteiger partial charge in [0.1, 0.15) is 12.1 Å². The second-order valence-corrected chi connectivity index (χ2v) is 6.92. The number of hydrogen-bond acceptors (Lipinski definition) is 4. The van der Waals surface area contributed by atoms with Crippen molar-refractivity contribution >= 4 is 16.7 Å². The topological polar surface area (TPSA) is 64.7 Å². The molecule has 1 saturated carbocycles. The summed E-state index contributed by atoms with van der Waals surface area (Å²) < 4.78 is 0. The molecule has 4 heteroatoms. The largest absolute Gasteiger partial charge is 0.383 e. The molecule has 2 aromatic heterocycles. The number of aromatic nitrogens is 3. The molecule has 0 amide bonds. The van der Waals surface area contributed by atoms with E-state index >= 15 is 0 Å². The van der Waals surface area contributed by atoms with Gasteiger partial charge in [-0.15, -0.1) is 0 Å².